The van der Waals surface area contributed by atoms with Crippen molar-refractivity contribution >= 4 is 21.5 Å². The van der Waals surface area contributed by atoms with Crippen LogP contribution >= 0.6 is 0 Å². The minimum atomic E-state index is 0.0581. The van der Waals surface area contributed by atoms with Crippen LogP contribution in [0.2, 0.25) is 0 Å². The smallest absolute Gasteiger partial charge is 0.164 e. The third-order valence-corrected chi connectivity index (χ3v) is 11.9. The van der Waals surface area contributed by atoms with Gasteiger partial charge in [0.1, 0.15) is 0 Å². The summed E-state index contributed by atoms with van der Waals surface area (Å²) in [7, 11) is 0. The van der Waals surface area contributed by atoms with Crippen LogP contribution in [-0.2, 0) is 0 Å². The second kappa shape index (κ2) is 12.5. The van der Waals surface area contributed by atoms with E-state index in [1.54, 1.807) is 0 Å². The van der Waals surface area contributed by atoms with Crippen molar-refractivity contribution in [3.05, 3.63) is 211 Å². The van der Waals surface area contributed by atoms with Gasteiger partial charge >= 0.3 is 0 Å². The van der Waals surface area contributed by atoms with Crippen LogP contribution in [0.4, 0.5) is 0 Å². The van der Waals surface area contributed by atoms with Gasteiger partial charge < -0.3 is 0 Å². The highest BCUT2D eigenvalue weighted by molar-refractivity contribution is 6.19. The summed E-state index contributed by atoms with van der Waals surface area (Å²) in [4.78, 5) is 15.8. The summed E-state index contributed by atoms with van der Waals surface area (Å²) in [6.45, 7) is 0. The lowest BCUT2D eigenvalue weighted by Gasteiger charge is -2.21. The van der Waals surface area contributed by atoms with Crippen LogP contribution in [0.1, 0.15) is 22.6 Å². The first-order valence-electron chi connectivity index (χ1n) is 19.6. The first-order chi connectivity index (χ1) is 28.3. The zero-order chi connectivity index (χ0) is 37.5. The fraction of sp³-hybridized carbons (Fsp3) is 0.0185. The molecular formula is C54H33N3. The summed E-state index contributed by atoms with van der Waals surface area (Å²) in [6.07, 6.45) is 0. The molecule has 0 amide bonds. The molecule has 0 saturated heterocycles. The van der Waals surface area contributed by atoms with Crippen LogP contribution in [-0.4, -0.2) is 15.0 Å². The molecule has 2 aliphatic rings. The maximum Gasteiger partial charge on any atom is 0.164 e. The summed E-state index contributed by atoms with van der Waals surface area (Å²) < 4.78 is 0. The molecule has 1 unspecified atom stereocenters. The maximum atomic E-state index is 5.35. The van der Waals surface area contributed by atoms with Crippen molar-refractivity contribution in [3.8, 4) is 78.7 Å². The summed E-state index contributed by atoms with van der Waals surface area (Å²) >= 11 is 0. The van der Waals surface area contributed by atoms with Crippen LogP contribution in [0.15, 0.2) is 194 Å². The van der Waals surface area contributed by atoms with E-state index < -0.39 is 0 Å². The minimum absolute atomic E-state index is 0.0581. The van der Waals surface area contributed by atoms with Crippen LogP contribution in [0.5, 0.6) is 0 Å². The Kier molecular flexibility index (Phi) is 6.99. The molecule has 1 atom stereocenters. The van der Waals surface area contributed by atoms with E-state index in [9.17, 15) is 0 Å². The quantitative estimate of drug-likeness (QED) is 0.177. The Balaban J connectivity index is 1.13. The van der Waals surface area contributed by atoms with Gasteiger partial charge in [0, 0.05) is 28.2 Å². The van der Waals surface area contributed by atoms with Gasteiger partial charge in [-0.15, -0.1) is 0 Å². The number of fused-ring (bicyclic) bond motifs is 7. The van der Waals surface area contributed by atoms with Gasteiger partial charge in [0.2, 0.25) is 0 Å². The van der Waals surface area contributed by atoms with Crippen LogP contribution < -0.4 is 0 Å². The third kappa shape index (κ3) is 4.96. The van der Waals surface area contributed by atoms with E-state index in [1.165, 1.54) is 71.6 Å². The number of aromatic nitrogens is 3. The molecule has 0 radical (unpaired) electrons. The summed E-state index contributed by atoms with van der Waals surface area (Å²) in [5.41, 5.74) is 16.7. The van der Waals surface area contributed by atoms with Crippen molar-refractivity contribution in [1.82, 2.24) is 15.0 Å². The Bertz CT molecular complexity index is 3230. The second-order valence-electron chi connectivity index (χ2n) is 15.1. The molecule has 12 rings (SSSR count). The van der Waals surface area contributed by atoms with Gasteiger partial charge in [0.05, 0.1) is 0 Å². The number of benzene rings is 9. The highest BCUT2D eigenvalue weighted by Crippen LogP contribution is 2.57. The largest absolute Gasteiger partial charge is 0.208 e. The lowest BCUT2D eigenvalue weighted by atomic mass is 9.82. The fourth-order valence-electron chi connectivity index (χ4n) is 9.41. The Hall–Kier alpha value is -7.49. The van der Waals surface area contributed by atoms with Crippen LogP contribution in [0, 0.1) is 0 Å². The normalized spacial score (nSPS) is 13.4. The molecule has 10 aromatic rings. The van der Waals surface area contributed by atoms with E-state index >= 15 is 0 Å². The molecule has 3 heteroatoms. The molecule has 1 aromatic heterocycles. The predicted octanol–water partition coefficient (Wildman–Crippen LogP) is 13.7. The SMILES string of the molecule is c1ccc(-c2cccc(-c3nc(-c4ccccc4)nc(-c4ccc(C5c6ccccc6-c6cc7ccccc7cc65)c5c4-c4cccc6cccc-5c46)n3)c2)cc1. The van der Waals surface area contributed by atoms with Crippen molar-refractivity contribution in [1.29, 1.82) is 0 Å². The third-order valence-electron chi connectivity index (χ3n) is 11.9. The zero-order valence-electron chi connectivity index (χ0n) is 30.9. The number of rotatable bonds is 5. The molecule has 0 N–H and O–H groups in total. The molecule has 57 heavy (non-hydrogen) atoms. The second-order valence-corrected chi connectivity index (χ2v) is 15.1. The Morgan fingerprint density at radius 3 is 1.63 bits per heavy atom. The van der Waals surface area contributed by atoms with E-state index in [1.807, 2.05) is 24.3 Å². The van der Waals surface area contributed by atoms with E-state index in [4.69, 9.17) is 15.0 Å². The van der Waals surface area contributed by atoms with Crippen molar-refractivity contribution in [2.45, 2.75) is 5.92 Å². The van der Waals surface area contributed by atoms with Gasteiger partial charge in [-0.1, -0.05) is 176 Å². The molecule has 1 heterocycles. The first-order valence-corrected chi connectivity index (χ1v) is 19.6. The Morgan fingerprint density at radius 2 is 0.842 bits per heavy atom. The molecule has 3 nitrogen and oxygen atoms in total. The highest BCUT2D eigenvalue weighted by Gasteiger charge is 2.36. The van der Waals surface area contributed by atoms with Gasteiger partial charge in [-0.3, -0.25) is 0 Å². The zero-order valence-corrected chi connectivity index (χ0v) is 30.9. The monoisotopic (exact) mass is 723 g/mol. The van der Waals surface area contributed by atoms with E-state index in [2.05, 4.69) is 170 Å². The van der Waals surface area contributed by atoms with Crippen molar-refractivity contribution in [3.63, 3.8) is 0 Å². The van der Waals surface area contributed by atoms with E-state index in [0.717, 1.165) is 27.8 Å². The standard InChI is InChI=1S/C54H33N3/c1-3-14-33(15-4-1)36-22-11-23-39(30-36)53-55-52(35-16-5-2-6-17-35)56-54(57-53)45-29-28-44(50-42-26-12-20-34-21-13-27-43(48(34)42)51(45)50)49-41-25-10-9-24-40(41)46-31-37-18-7-8-19-38(37)32-47(46)49/h1-32,49H. The van der Waals surface area contributed by atoms with Gasteiger partial charge in [-0.25, -0.2) is 15.0 Å². The maximum absolute atomic E-state index is 5.35. The molecule has 9 aromatic carbocycles. The molecule has 0 saturated carbocycles. The lowest BCUT2D eigenvalue weighted by Crippen LogP contribution is -2.05. The number of nitrogens with zero attached hydrogens (tertiary/aromatic N) is 3. The molecule has 0 fully saturated rings. The average molecular weight is 724 g/mol. The topological polar surface area (TPSA) is 38.7 Å². The van der Waals surface area contributed by atoms with Crippen LogP contribution in [0.3, 0.4) is 0 Å². The molecule has 0 spiro atoms. The predicted molar refractivity (Wildman–Crippen MR) is 234 cm³/mol. The van der Waals surface area contributed by atoms with Gasteiger partial charge in [-0.05, 0) is 95.4 Å². The Labute approximate surface area is 330 Å². The fourth-order valence-corrected chi connectivity index (χ4v) is 9.41. The molecule has 0 aliphatic heterocycles. The first kappa shape index (κ1) is 31.8. The minimum Gasteiger partial charge on any atom is -0.208 e. The van der Waals surface area contributed by atoms with Gasteiger partial charge in [0.15, 0.2) is 17.5 Å². The van der Waals surface area contributed by atoms with Gasteiger partial charge in [0.25, 0.3) is 0 Å². The van der Waals surface area contributed by atoms with Crippen molar-refractivity contribution in [2.75, 3.05) is 0 Å². The molecule has 2 aliphatic carbocycles. The number of hydrogen-bond acceptors (Lipinski definition) is 3. The average Bonchev–Trinajstić information content (AvgIpc) is 3.79. The van der Waals surface area contributed by atoms with Crippen molar-refractivity contribution < 1.29 is 0 Å². The lowest BCUT2D eigenvalue weighted by molar-refractivity contribution is 1.02. The van der Waals surface area contributed by atoms with E-state index in [0.29, 0.717) is 17.5 Å². The highest BCUT2D eigenvalue weighted by atomic mass is 15.0. The summed E-state index contributed by atoms with van der Waals surface area (Å²) in [5.74, 6) is 2.02. The van der Waals surface area contributed by atoms with Gasteiger partial charge in [-0.2, -0.15) is 0 Å². The molecule has 0 bridgehead atoms. The van der Waals surface area contributed by atoms with Crippen molar-refractivity contribution in [2.24, 2.45) is 0 Å². The summed E-state index contributed by atoms with van der Waals surface area (Å²) in [6, 6.07) is 69.8. The Morgan fingerprint density at radius 1 is 0.281 bits per heavy atom. The van der Waals surface area contributed by atoms with Crippen LogP contribution in [0.25, 0.3) is 100 Å². The molecule has 264 valence electrons. The summed E-state index contributed by atoms with van der Waals surface area (Å²) in [5, 5.41) is 5.03. The van der Waals surface area contributed by atoms with E-state index in [-0.39, 0.29) is 5.92 Å². The number of hydrogen-bond donors (Lipinski definition) is 0. The molecular weight excluding hydrogens is 691 g/mol.